The Balaban J connectivity index is 2.81. The monoisotopic (exact) mass is 250 g/mol. The van der Waals surface area contributed by atoms with Crippen LogP contribution in [-0.2, 0) is 4.79 Å². The molecule has 0 unspecified atom stereocenters. The van der Waals surface area contributed by atoms with Crippen LogP contribution in [-0.4, -0.2) is 17.0 Å². The Bertz CT molecular complexity index is 358. The van der Waals surface area contributed by atoms with Gasteiger partial charge in [0.1, 0.15) is 6.29 Å². The summed E-state index contributed by atoms with van der Waals surface area (Å²) in [5.41, 5.74) is -0.738. The van der Waals surface area contributed by atoms with E-state index in [9.17, 15) is 9.90 Å². The molecular weight excluding hydrogens is 224 g/mol. The lowest BCUT2D eigenvalue weighted by Crippen LogP contribution is -2.33. The van der Waals surface area contributed by atoms with Crippen LogP contribution in [0.5, 0.6) is 0 Å². The van der Waals surface area contributed by atoms with Gasteiger partial charge in [0.25, 0.3) is 0 Å². The van der Waals surface area contributed by atoms with Crippen molar-refractivity contribution in [1.82, 2.24) is 0 Å². The highest BCUT2D eigenvalue weighted by Gasteiger charge is 2.49. The quantitative estimate of drug-likeness (QED) is 0.612. The number of aldehydes is 1. The summed E-state index contributed by atoms with van der Waals surface area (Å²) in [6.45, 7) is 10.1. The first-order chi connectivity index (χ1) is 8.12. The van der Waals surface area contributed by atoms with Crippen LogP contribution < -0.4 is 0 Å². The fourth-order valence-corrected chi connectivity index (χ4v) is 2.66. The van der Waals surface area contributed by atoms with Gasteiger partial charge < -0.3 is 9.90 Å². The fraction of sp³-hybridized carbons (Fsp3) is 0.688. The Hall–Kier alpha value is -0.890. The molecule has 0 aromatic rings. The van der Waals surface area contributed by atoms with E-state index < -0.39 is 5.60 Å². The van der Waals surface area contributed by atoms with Crippen molar-refractivity contribution >= 4 is 6.29 Å². The Morgan fingerprint density at radius 3 is 2.28 bits per heavy atom. The van der Waals surface area contributed by atoms with Gasteiger partial charge in [0.15, 0.2) is 0 Å². The molecule has 0 amide bonds. The fourth-order valence-electron chi connectivity index (χ4n) is 2.66. The molecule has 0 saturated heterocycles. The molecule has 1 aliphatic carbocycles. The normalized spacial score (nSPS) is 32.4. The molecule has 2 nitrogen and oxygen atoms in total. The average molecular weight is 250 g/mol. The smallest absolute Gasteiger partial charge is 0.123 e. The standard InChI is InChI=1S/C16H26O2/c1-14(2,18)9-6-7-10-16(5)11-8-13(12-17)15(16,3)4/h6-7,9-10,12-13,18H,8,11H2,1-5H3/t13-,16-/m0/s1. The van der Waals surface area contributed by atoms with Gasteiger partial charge in [-0.1, -0.05) is 45.1 Å². The molecule has 1 rings (SSSR count). The van der Waals surface area contributed by atoms with Gasteiger partial charge in [-0.3, -0.25) is 0 Å². The molecule has 0 radical (unpaired) electrons. The van der Waals surface area contributed by atoms with Crippen molar-refractivity contribution < 1.29 is 9.90 Å². The molecule has 18 heavy (non-hydrogen) atoms. The van der Waals surface area contributed by atoms with Gasteiger partial charge >= 0.3 is 0 Å². The first-order valence-corrected chi connectivity index (χ1v) is 6.67. The van der Waals surface area contributed by atoms with Gasteiger partial charge in [0, 0.05) is 5.92 Å². The third-order valence-electron chi connectivity index (χ3n) is 4.62. The minimum Gasteiger partial charge on any atom is -0.386 e. The molecule has 0 heterocycles. The summed E-state index contributed by atoms with van der Waals surface area (Å²) < 4.78 is 0. The maximum atomic E-state index is 11.1. The predicted octanol–water partition coefficient (Wildman–Crippen LogP) is 3.51. The Labute approximate surface area is 111 Å². The van der Waals surface area contributed by atoms with E-state index in [1.165, 1.54) is 0 Å². The number of hydrogen-bond acceptors (Lipinski definition) is 2. The van der Waals surface area contributed by atoms with E-state index in [2.05, 4.69) is 26.8 Å². The average Bonchev–Trinajstić information content (AvgIpc) is 2.45. The summed E-state index contributed by atoms with van der Waals surface area (Å²) in [7, 11) is 0. The van der Waals surface area contributed by atoms with Crippen LogP contribution in [0.3, 0.4) is 0 Å². The zero-order chi connectivity index (χ0) is 14.0. The zero-order valence-electron chi connectivity index (χ0n) is 12.2. The second-order valence-electron chi connectivity index (χ2n) is 6.79. The topological polar surface area (TPSA) is 37.3 Å². The van der Waals surface area contributed by atoms with Crippen LogP contribution in [0.1, 0.15) is 47.5 Å². The van der Waals surface area contributed by atoms with Crippen molar-refractivity contribution in [3.05, 3.63) is 24.3 Å². The second kappa shape index (κ2) is 5.00. The van der Waals surface area contributed by atoms with E-state index in [0.717, 1.165) is 19.1 Å². The van der Waals surface area contributed by atoms with Gasteiger partial charge in [0.2, 0.25) is 0 Å². The molecule has 0 aliphatic heterocycles. The summed E-state index contributed by atoms with van der Waals surface area (Å²) >= 11 is 0. The second-order valence-corrected chi connectivity index (χ2v) is 6.79. The van der Waals surface area contributed by atoms with Crippen LogP contribution in [0.25, 0.3) is 0 Å². The third-order valence-corrected chi connectivity index (χ3v) is 4.62. The van der Waals surface area contributed by atoms with Crippen molar-refractivity contribution in [1.29, 1.82) is 0 Å². The van der Waals surface area contributed by atoms with Gasteiger partial charge in [-0.15, -0.1) is 0 Å². The van der Waals surface area contributed by atoms with E-state index in [0.29, 0.717) is 0 Å². The molecule has 1 N–H and O–H groups in total. The molecular formula is C16H26O2. The van der Waals surface area contributed by atoms with Crippen LogP contribution in [0.2, 0.25) is 0 Å². The molecule has 2 heteroatoms. The van der Waals surface area contributed by atoms with Crippen LogP contribution in [0.4, 0.5) is 0 Å². The van der Waals surface area contributed by atoms with Crippen molar-refractivity contribution in [3.63, 3.8) is 0 Å². The number of rotatable bonds is 4. The van der Waals surface area contributed by atoms with Crippen molar-refractivity contribution in [2.45, 2.75) is 53.1 Å². The molecule has 1 fully saturated rings. The SMILES string of the molecule is CC(C)(O)C=CC=C[C@@]1(C)CC[C@@H](C=O)C1(C)C. The lowest BCUT2D eigenvalue weighted by molar-refractivity contribution is -0.114. The number of carbonyl (C=O) groups excluding carboxylic acids is 1. The molecule has 1 aliphatic rings. The number of aliphatic hydroxyl groups is 1. The highest BCUT2D eigenvalue weighted by atomic mass is 16.3. The number of allylic oxidation sites excluding steroid dienone is 3. The molecule has 2 atom stereocenters. The maximum absolute atomic E-state index is 11.1. The minimum atomic E-state index is -0.776. The third kappa shape index (κ3) is 3.11. The summed E-state index contributed by atoms with van der Waals surface area (Å²) in [6, 6.07) is 0. The Morgan fingerprint density at radius 1 is 1.22 bits per heavy atom. The van der Waals surface area contributed by atoms with Crippen LogP contribution >= 0.6 is 0 Å². The number of carbonyl (C=O) groups is 1. The van der Waals surface area contributed by atoms with Crippen LogP contribution in [0.15, 0.2) is 24.3 Å². The molecule has 0 aromatic heterocycles. The van der Waals surface area contributed by atoms with Crippen molar-refractivity contribution in [2.24, 2.45) is 16.7 Å². The van der Waals surface area contributed by atoms with E-state index in [-0.39, 0.29) is 16.7 Å². The van der Waals surface area contributed by atoms with Crippen molar-refractivity contribution in [2.75, 3.05) is 0 Å². The van der Waals surface area contributed by atoms with Crippen molar-refractivity contribution in [3.8, 4) is 0 Å². The predicted molar refractivity (Wildman–Crippen MR) is 75.3 cm³/mol. The molecule has 1 saturated carbocycles. The Kier molecular flexibility index (Phi) is 4.22. The van der Waals surface area contributed by atoms with Gasteiger partial charge in [0.05, 0.1) is 5.60 Å². The van der Waals surface area contributed by atoms with Gasteiger partial charge in [-0.05, 0) is 37.5 Å². The summed E-state index contributed by atoms with van der Waals surface area (Å²) in [5.74, 6) is 0.144. The summed E-state index contributed by atoms with van der Waals surface area (Å²) in [4.78, 5) is 11.1. The first-order valence-electron chi connectivity index (χ1n) is 6.67. The van der Waals surface area contributed by atoms with E-state index in [1.807, 2.05) is 12.2 Å². The molecule has 0 aromatic carbocycles. The zero-order valence-corrected chi connectivity index (χ0v) is 12.2. The van der Waals surface area contributed by atoms with Crippen LogP contribution in [0, 0.1) is 16.7 Å². The largest absolute Gasteiger partial charge is 0.386 e. The highest BCUT2D eigenvalue weighted by Crippen LogP contribution is 2.55. The molecule has 102 valence electrons. The van der Waals surface area contributed by atoms with E-state index >= 15 is 0 Å². The lowest BCUT2D eigenvalue weighted by atomic mass is 9.66. The minimum absolute atomic E-state index is 0.00613. The number of hydrogen-bond donors (Lipinski definition) is 1. The lowest BCUT2D eigenvalue weighted by Gasteiger charge is -2.38. The van der Waals surface area contributed by atoms with Gasteiger partial charge in [-0.25, -0.2) is 0 Å². The molecule has 0 bridgehead atoms. The summed E-state index contributed by atoms with van der Waals surface area (Å²) in [5, 5.41) is 9.59. The Morgan fingerprint density at radius 2 is 1.83 bits per heavy atom. The highest BCUT2D eigenvalue weighted by molar-refractivity contribution is 5.56. The van der Waals surface area contributed by atoms with Gasteiger partial charge in [-0.2, -0.15) is 0 Å². The molecule has 0 spiro atoms. The van der Waals surface area contributed by atoms with E-state index in [1.54, 1.807) is 19.9 Å². The maximum Gasteiger partial charge on any atom is 0.123 e. The first kappa shape index (κ1) is 15.2. The van der Waals surface area contributed by atoms with E-state index in [4.69, 9.17) is 0 Å². The summed E-state index contributed by atoms with van der Waals surface area (Å²) in [6.07, 6.45) is 10.9.